The zero-order valence-corrected chi connectivity index (χ0v) is 10.9. The van der Waals surface area contributed by atoms with Gasteiger partial charge in [-0.3, -0.25) is 0 Å². The molecule has 3 nitrogen and oxygen atoms in total. The summed E-state index contributed by atoms with van der Waals surface area (Å²) in [6.07, 6.45) is 8.72. The fourth-order valence-corrected chi connectivity index (χ4v) is 3.41. The standard InChI is InChI=1S/C13H17N3S/c1-9-7-10-3-4-11(8-9)16(10)12-5-6-14-13(15-12)17-2/h5-6,10-11H,1,3-4,7-8H2,2H3. The Bertz CT molecular complexity index is 430. The van der Waals surface area contributed by atoms with Crippen LogP contribution in [-0.2, 0) is 0 Å². The van der Waals surface area contributed by atoms with E-state index in [1.54, 1.807) is 11.8 Å². The normalized spacial score (nSPS) is 27.6. The van der Waals surface area contributed by atoms with Crippen molar-refractivity contribution < 1.29 is 0 Å². The second kappa shape index (κ2) is 4.33. The van der Waals surface area contributed by atoms with E-state index in [4.69, 9.17) is 0 Å². The van der Waals surface area contributed by atoms with Crippen LogP contribution in [0.15, 0.2) is 29.6 Å². The predicted molar refractivity (Wildman–Crippen MR) is 71.5 cm³/mol. The van der Waals surface area contributed by atoms with Crippen LogP contribution < -0.4 is 4.90 Å². The summed E-state index contributed by atoms with van der Waals surface area (Å²) in [6.45, 7) is 4.15. The average molecular weight is 247 g/mol. The van der Waals surface area contributed by atoms with Gasteiger partial charge in [0.15, 0.2) is 5.16 Å². The molecule has 2 unspecified atom stereocenters. The third-order valence-electron chi connectivity index (χ3n) is 3.73. The second-order valence-corrected chi connectivity index (χ2v) is 5.63. The van der Waals surface area contributed by atoms with Gasteiger partial charge >= 0.3 is 0 Å². The molecule has 0 amide bonds. The van der Waals surface area contributed by atoms with Gasteiger partial charge in [-0.1, -0.05) is 23.9 Å². The molecule has 0 aliphatic carbocycles. The van der Waals surface area contributed by atoms with Crippen molar-refractivity contribution in [3.05, 3.63) is 24.4 Å². The molecule has 3 rings (SSSR count). The summed E-state index contributed by atoms with van der Waals surface area (Å²) >= 11 is 1.60. The number of thioether (sulfide) groups is 1. The average Bonchev–Trinajstić information content (AvgIpc) is 2.62. The summed E-state index contributed by atoms with van der Waals surface area (Å²) in [6, 6.07) is 3.27. The van der Waals surface area contributed by atoms with Crippen molar-refractivity contribution in [2.45, 2.75) is 42.9 Å². The van der Waals surface area contributed by atoms with Crippen molar-refractivity contribution in [2.75, 3.05) is 11.2 Å². The first-order valence-corrected chi connectivity index (χ1v) is 7.32. The van der Waals surface area contributed by atoms with Crippen molar-refractivity contribution in [3.63, 3.8) is 0 Å². The van der Waals surface area contributed by atoms with Gasteiger partial charge in [0.1, 0.15) is 5.82 Å². The lowest BCUT2D eigenvalue weighted by molar-refractivity contribution is 0.543. The smallest absolute Gasteiger partial charge is 0.189 e. The van der Waals surface area contributed by atoms with Crippen molar-refractivity contribution >= 4 is 17.6 Å². The van der Waals surface area contributed by atoms with Gasteiger partial charge in [-0.25, -0.2) is 9.97 Å². The quantitative estimate of drug-likeness (QED) is 0.456. The maximum absolute atomic E-state index is 4.63. The first-order chi connectivity index (χ1) is 8.28. The Morgan fingerprint density at radius 1 is 1.35 bits per heavy atom. The lowest BCUT2D eigenvalue weighted by Gasteiger charge is -2.36. The fourth-order valence-electron chi connectivity index (χ4n) is 3.06. The van der Waals surface area contributed by atoms with Gasteiger partial charge in [0.25, 0.3) is 0 Å². The number of nitrogens with zero attached hydrogens (tertiary/aromatic N) is 3. The van der Waals surface area contributed by atoms with Gasteiger partial charge in [-0.15, -0.1) is 0 Å². The number of anilines is 1. The van der Waals surface area contributed by atoms with Crippen LogP contribution in [0.4, 0.5) is 5.82 Å². The van der Waals surface area contributed by atoms with E-state index >= 15 is 0 Å². The van der Waals surface area contributed by atoms with Crippen LogP contribution in [0.1, 0.15) is 25.7 Å². The minimum Gasteiger partial charge on any atom is -0.350 e. The highest BCUT2D eigenvalue weighted by molar-refractivity contribution is 7.98. The van der Waals surface area contributed by atoms with Gasteiger partial charge in [0, 0.05) is 18.3 Å². The van der Waals surface area contributed by atoms with E-state index in [0.29, 0.717) is 12.1 Å². The molecule has 0 spiro atoms. The van der Waals surface area contributed by atoms with Gasteiger partial charge in [0.05, 0.1) is 0 Å². The minimum absolute atomic E-state index is 0.617. The maximum Gasteiger partial charge on any atom is 0.189 e. The summed E-state index contributed by atoms with van der Waals surface area (Å²) < 4.78 is 0. The Morgan fingerprint density at radius 3 is 2.71 bits per heavy atom. The van der Waals surface area contributed by atoms with E-state index in [1.165, 1.54) is 18.4 Å². The van der Waals surface area contributed by atoms with Crippen molar-refractivity contribution in [1.29, 1.82) is 0 Å². The molecule has 1 aromatic rings. The highest BCUT2D eigenvalue weighted by atomic mass is 32.2. The molecular formula is C13H17N3S. The minimum atomic E-state index is 0.617. The molecule has 2 bridgehead atoms. The summed E-state index contributed by atoms with van der Waals surface area (Å²) in [4.78, 5) is 11.4. The van der Waals surface area contributed by atoms with E-state index in [9.17, 15) is 0 Å². The molecule has 0 radical (unpaired) electrons. The lowest BCUT2D eigenvalue weighted by Crippen LogP contribution is -2.41. The third-order valence-corrected chi connectivity index (χ3v) is 4.30. The summed E-state index contributed by atoms with van der Waals surface area (Å²) in [5.41, 5.74) is 1.41. The molecule has 1 aromatic heterocycles. The molecule has 2 atom stereocenters. The number of hydrogen-bond acceptors (Lipinski definition) is 4. The van der Waals surface area contributed by atoms with Crippen LogP contribution in [0, 0.1) is 0 Å². The number of aromatic nitrogens is 2. The van der Waals surface area contributed by atoms with Gasteiger partial charge in [0.2, 0.25) is 0 Å². The van der Waals surface area contributed by atoms with E-state index in [1.807, 2.05) is 18.5 Å². The number of fused-ring (bicyclic) bond motifs is 2. The number of piperidine rings is 1. The molecule has 2 fully saturated rings. The Balaban J connectivity index is 1.91. The largest absolute Gasteiger partial charge is 0.350 e. The molecule has 2 saturated heterocycles. The topological polar surface area (TPSA) is 29.0 Å². The molecule has 0 N–H and O–H groups in total. The highest BCUT2D eigenvalue weighted by Gasteiger charge is 2.38. The highest BCUT2D eigenvalue weighted by Crippen LogP contribution is 2.40. The zero-order chi connectivity index (χ0) is 11.8. The lowest BCUT2D eigenvalue weighted by atomic mass is 9.98. The number of hydrogen-bond donors (Lipinski definition) is 0. The van der Waals surface area contributed by atoms with Crippen LogP contribution in [0.25, 0.3) is 0 Å². The van der Waals surface area contributed by atoms with E-state index in [-0.39, 0.29) is 0 Å². The Morgan fingerprint density at radius 2 is 2.06 bits per heavy atom. The van der Waals surface area contributed by atoms with Crippen molar-refractivity contribution in [1.82, 2.24) is 9.97 Å². The summed E-state index contributed by atoms with van der Waals surface area (Å²) in [5.74, 6) is 1.10. The predicted octanol–water partition coefficient (Wildman–Crippen LogP) is 2.89. The van der Waals surface area contributed by atoms with Crippen molar-refractivity contribution in [2.24, 2.45) is 0 Å². The van der Waals surface area contributed by atoms with E-state index in [2.05, 4.69) is 21.4 Å². The molecule has 0 aromatic carbocycles. The molecule has 90 valence electrons. The van der Waals surface area contributed by atoms with Crippen LogP contribution in [0.5, 0.6) is 0 Å². The second-order valence-electron chi connectivity index (χ2n) is 4.85. The van der Waals surface area contributed by atoms with Gasteiger partial charge < -0.3 is 4.90 Å². The van der Waals surface area contributed by atoms with Crippen LogP contribution in [0.2, 0.25) is 0 Å². The zero-order valence-electron chi connectivity index (χ0n) is 10.1. The SMILES string of the molecule is C=C1CC2CCC(C1)N2c1ccnc(SC)n1. The molecule has 4 heteroatoms. The van der Waals surface area contributed by atoms with Crippen LogP contribution in [0.3, 0.4) is 0 Å². The molecule has 17 heavy (non-hydrogen) atoms. The van der Waals surface area contributed by atoms with Crippen LogP contribution >= 0.6 is 11.8 Å². The first kappa shape index (κ1) is 11.1. The van der Waals surface area contributed by atoms with Gasteiger partial charge in [-0.2, -0.15) is 0 Å². The molecule has 2 aliphatic rings. The van der Waals surface area contributed by atoms with Gasteiger partial charge in [-0.05, 0) is 38.0 Å². The Kier molecular flexibility index (Phi) is 2.82. The fraction of sp³-hybridized carbons (Fsp3) is 0.538. The summed E-state index contributed by atoms with van der Waals surface area (Å²) in [5, 5.41) is 0.867. The van der Waals surface area contributed by atoms with Crippen molar-refractivity contribution in [3.8, 4) is 0 Å². The molecule has 0 saturated carbocycles. The number of rotatable bonds is 2. The summed E-state index contributed by atoms with van der Waals surface area (Å²) in [7, 11) is 0. The Hall–Kier alpha value is -1.03. The Labute approximate surface area is 106 Å². The first-order valence-electron chi connectivity index (χ1n) is 6.10. The third kappa shape index (κ3) is 1.95. The molecule has 3 heterocycles. The molecule has 2 aliphatic heterocycles. The monoisotopic (exact) mass is 247 g/mol. The molecular weight excluding hydrogens is 230 g/mol. The van der Waals surface area contributed by atoms with E-state index < -0.39 is 0 Å². The van der Waals surface area contributed by atoms with Crippen LogP contribution in [-0.4, -0.2) is 28.3 Å². The van der Waals surface area contributed by atoms with E-state index in [0.717, 1.165) is 23.8 Å². The maximum atomic E-state index is 4.63.